The molecule has 0 bridgehead atoms. The van der Waals surface area contributed by atoms with Gasteiger partial charge in [0.15, 0.2) is 23.9 Å². The molecule has 0 atom stereocenters. The highest BCUT2D eigenvalue weighted by atomic mass is 16.5. The van der Waals surface area contributed by atoms with Crippen molar-refractivity contribution < 1.29 is 23.8 Å². The minimum atomic E-state index is -0.341. The lowest BCUT2D eigenvalue weighted by atomic mass is 10.1. The molecule has 1 aliphatic heterocycles. The van der Waals surface area contributed by atoms with Crippen LogP contribution in [0.3, 0.4) is 0 Å². The summed E-state index contributed by atoms with van der Waals surface area (Å²) in [6.07, 6.45) is 0. The lowest BCUT2D eigenvalue weighted by molar-refractivity contribution is -0.121. The largest absolute Gasteiger partial charge is 0.493 e. The summed E-state index contributed by atoms with van der Waals surface area (Å²) in [6, 6.07) is 10.2. The van der Waals surface area contributed by atoms with Gasteiger partial charge in [-0.15, -0.1) is 0 Å². The third kappa shape index (κ3) is 3.08. The molecule has 25 heavy (non-hydrogen) atoms. The molecule has 0 saturated heterocycles. The fourth-order valence-electron chi connectivity index (χ4n) is 2.60. The molecule has 2 amide bonds. The predicted molar refractivity (Wildman–Crippen MR) is 92.8 cm³/mol. The number of carbonyl (C=O) groups is 2. The highest BCUT2D eigenvalue weighted by Crippen LogP contribution is 2.35. The molecule has 0 unspecified atom stereocenters. The Labute approximate surface area is 145 Å². The number of fused-ring (bicyclic) bond motifs is 1. The number of methoxy groups -OCH3 is 2. The van der Waals surface area contributed by atoms with Gasteiger partial charge in [0.2, 0.25) is 0 Å². The Morgan fingerprint density at radius 1 is 1.16 bits per heavy atom. The van der Waals surface area contributed by atoms with E-state index < -0.39 is 0 Å². The Morgan fingerprint density at radius 2 is 1.92 bits per heavy atom. The number of benzene rings is 2. The second-order valence-corrected chi connectivity index (χ2v) is 5.42. The summed E-state index contributed by atoms with van der Waals surface area (Å²) in [5.41, 5.74) is 1.48. The molecule has 3 rings (SSSR count). The minimum Gasteiger partial charge on any atom is -0.493 e. The molecule has 2 aromatic rings. The van der Waals surface area contributed by atoms with Gasteiger partial charge in [-0.2, -0.15) is 0 Å². The Kier molecular flexibility index (Phi) is 4.47. The maximum atomic E-state index is 12.7. The maximum absolute atomic E-state index is 12.7. The van der Waals surface area contributed by atoms with Gasteiger partial charge in [0.1, 0.15) is 0 Å². The molecule has 0 saturated carbocycles. The molecule has 0 aliphatic carbocycles. The average Bonchev–Trinajstić information content (AvgIpc) is 2.64. The Hall–Kier alpha value is -3.22. The zero-order valence-electron chi connectivity index (χ0n) is 14.2. The lowest BCUT2D eigenvalue weighted by Crippen LogP contribution is -2.36. The van der Waals surface area contributed by atoms with E-state index in [-0.39, 0.29) is 18.4 Å². The van der Waals surface area contributed by atoms with E-state index in [9.17, 15) is 9.59 Å². The normalized spacial score (nSPS) is 12.9. The summed E-state index contributed by atoms with van der Waals surface area (Å²) in [6.45, 7) is -0.0931. The Balaban J connectivity index is 1.89. The van der Waals surface area contributed by atoms with Gasteiger partial charge in [0, 0.05) is 18.8 Å². The molecule has 130 valence electrons. The summed E-state index contributed by atoms with van der Waals surface area (Å²) >= 11 is 0. The van der Waals surface area contributed by atoms with Crippen molar-refractivity contribution in [3.8, 4) is 17.2 Å². The number of nitrogens with one attached hydrogen (secondary N) is 1. The molecular weight excluding hydrogens is 324 g/mol. The molecule has 1 aliphatic rings. The zero-order valence-corrected chi connectivity index (χ0v) is 14.2. The quantitative estimate of drug-likeness (QED) is 0.923. The van der Waals surface area contributed by atoms with E-state index in [0.717, 1.165) is 0 Å². The van der Waals surface area contributed by atoms with Gasteiger partial charge in [0.25, 0.3) is 11.8 Å². The third-order valence-electron chi connectivity index (χ3n) is 3.96. The fraction of sp³-hybridized carbons (Fsp3) is 0.222. The topological polar surface area (TPSA) is 77.1 Å². The number of carbonyl (C=O) groups excluding carboxylic acids is 2. The van der Waals surface area contributed by atoms with E-state index >= 15 is 0 Å². The van der Waals surface area contributed by atoms with Crippen LogP contribution in [-0.4, -0.2) is 39.7 Å². The van der Waals surface area contributed by atoms with Gasteiger partial charge in [-0.25, -0.2) is 0 Å². The lowest BCUT2D eigenvalue weighted by Gasteiger charge is -2.27. The molecule has 2 aromatic carbocycles. The van der Waals surface area contributed by atoms with Crippen LogP contribution in [-0.2, 0) is 4.79 Å². The van der Waals surface area contributed by atoms with Crippen LogP contribution in [0, 0.1) is 0 Å². The van der Waals surface area contributed by atoms with Crippen LogP contribution in [0.1, 0.15) is 10.4 Å². The van der Waals surface area contributed by atoms with Crippen LogP contribution in [0.2, 0.25) is 0 Å². The van der Waals surface area contributed by atoms with Crippen molar-refractivity contribution in [3.05, 3.63) is 42.0 Å². The molecule has 7 heteroatoms. The Morgan fingerprint density at radius 3 is 2.64 bits per heavy atom. The van der Waals surface area contributed by atoms with E-state index in [4.69, 9.17) is 14.2 Å². The minimum absolute atomic E-state index is 0.0931. The fourth-order valence-corrected chi connectivity index (χ4v) is 2.60. The second-order valence-electron chi connectivity index (χ2n) is 5.42. The van der Waals surface area contributed by atoms with Crippen molar-refractivity contribution in [3.63, 3.8) is 0 Å². The van der Waals surface area contributed by atoms with Gasteiger partial charge >= 0.3 is 0 Å². The van der Waals surface area contributed by atoms with Crippen LogP contribution in [0.5, 0.6) is 17.2 Å². The van der Waals surface area contributed by atoms with E-state index in [1.54, 1.807) is 50.6 Å². The van der Waals surface area contributed by atoms with Gasteiger partial charge in [-0.3, -0.25) is 9.59 Å². The maximum Gasteiger partial charge on any atom is 0.264 e. The van der Waals surface area contributed by atoms with Crippen LogP contribution < -0.4 is 24.4 Å². The van der Waals surface area contributed by atoms with Crippen LogP contribution in [0.4, 0.5) is 11.4 Å². The first kappa shape index (κ1) is 16.6. The molecule has 7 nitrogen and oxygen atoms in total. The molecule has 1 heterocycles. The first-order valence-corrected chi connectivity index (χ1v) is 7.61. The standard InChI is InChI=1S/C18H18N2O5/c1-20-13-6-4-5-12(17(13)25-10-16(20)21)18(22)19-11-7-8-14(23-2)15(9-11)24-3/h4-9H,10H2,1-3H3,(H,19,22). The van der Waals surface area contributed by atoms with Gasteiger partial charge in [0.05, 0.1) is 25.5 Å². The van der Waals surface area contributed by atoms with Crippen molar-refractivity contribution in [2.24, 2.45) is 0 Å². The average molecular weight is 342 g/mol. The second kappa shape index (κ2) is 6.72. The van der Waals surface area contributed by atoms with Crippen molar-refractivity contribution in [1.82, 2.24) is 0 Å². The molecule has 1 N–H and O–H groups in total. The van der Waals surface area contributed by atoms with Crippen molar-refractivity contribution in [2.45, 2.75) is 0 Å². The number of hydrogen-bond acceptors (Lipinski definition) is 5. The molecule has 0 aromatic heterocycles. The zero-order chi connectivity index (χ0) is 18.0. The highest BCUT2D eigenvalue weighted by molar-refractivity contribution is 6.09. The predicted octanol–water partition coefficient (Wildman–Crippen LogP) is 2.31. The highest BCUT2D eigenvalue weighted by Gasteiger charge is 2.26. The van der Waals surface area contributed by atoms with Crippen LogP contribution in [0.15, 0.2) is 36.4 Å². The van der Waals surface area contributed by atoms with Crippen LogP contribution >= 0.6 is 0 Å². The number of amides is 2. The van der Waals surface area contributed by atoms with Crippen molar-refractivity contribution in [1.29, 1.82) is 0 Å². The first-order chi connectivity index (χ1) is 12.0. The number of likely N-dealkylation sites (N-methyl/N-ethyl adjacent to an activating group) is 1. The summed E-state index contributed by atoms with van der Waals surface area (Å²) in [4.78, 5) is 25.9. The summed E-state index contributed by atoms with van der Waals surface area (Å²) in [5.74, 6) is 0.970. The SMILES string of the molecule is COc1ccc(NC(=O)c2cccc3c2OCC(=O)N3C)cc1OC. The molecule has 0 radical (unpaired) electrons. The van der Waals surface area contributed by atoms with Gasteiger partial charge < -0.3 is 24.4 Å². The van der Waals surface area contributed by atoms with Crippen molar-refractivity contribution in [2.75, 3.05) is 38.1 Å². The summed E-state index contributed by atoms with van der Waals surface area (Å²) in [5, 5.41) is 2.80. The summed E-state index contributed by atoms with van der Waals surface area (Å²) in [7, 11) is 4.72. The molecular formula is C18H18N2O5. The smallest absolute Gasteiger partial charge is 0.264 e. The monoisotopic (exact) mass is 342 g/mol. The number of anilines is 2. The number of para-hydroxylation sites is 1. The van der Waals surface area contributed by atoms with Gasteiger partial charge in [-0.1, -0.05) is 6.07 Å². The first-order valence-electron chi connectivity index (χ1n) is 7.61. The number of rotatable bonds is 4. The van der Waals surface area contributed by atoms with Gasteiger partial charge in [-0.05, 0) is 24.3 Å². The number of nitrogens with zero attached hydrogens (tertiary/aromatic N) is 1. The number of ether oxygens (including phenoxy) is 3. The van der Waals surface area contributed by atoms with E-state index in [1.165, 1.54) is 12.0 Å². The van der Waals surface area contributed by atoms with Crippen LogP contribution in [0.25, 0.3) is 0 Å². The summed E-state index contributed by atoms with van der Waals surface area (Å²) < 4.78 is 15.9. The van der Waals surface area contributed by atoms with E-state index in [1.807, 2.05) is 0 Å². The molecule has 0 fully saturated rings. The number of hydrogen-bond donors (Lipinski definition) is 1. The third-order valence-corrected chi connectivity index (χ3v) is 3.96. The van der Waals surface area contributed by atoms with Crippen molar-refractivity contribution >= 4 is 23.2 Å². The molecule has 0 spiro atoms. The van der Waals surface area contributed by atoms with E-state index in [2.05, 4.69) is 5.32 Å². The Bertz CT molecular complexity index is 834. The van der Waals surface area contributed by atoms with E-state index in [0.29, 0.717) is 34.2 Å².